The average Bonchev–Trinajstić information content (AvgIpc) is 3.10. The fourth-order valence-corrected chi connectivity index (χ4v) is 3.86. The molecule has 2 heterocycles. The van der Waals surface area contributed by atoms with Crippen molar-refractivity contribution in [3.05, 3.63) is 45.8 Å². The van der Waals surface area contributed by atoms with Crippen LogP contribution in [0.25, 0.3) is 0 Å². The molecule has 1 aliphatic heterocycles. The smallest absolute Gasteiger partial charge is 0.293 e. The lowest BCUT2D eigenvalue weighted by atomic mass is 9.92. The molecule has 0 aliphatic carbocycles. The van der Waals surface area contributed by atoms with Crippen LogP contribution in [-0.4, -0.2) is 42.5 Å². The van der Waals surface area contributed by atoms with Crippen LogP contribution < -0.4 is 15.8 Å². The van der Waals surface area contributed by atoms with Gasteiger partial charge < -0.3 is 10.6 Å². The first-order valence-electron chi connectivity index (χ1n) is 8.07. The summed E-state index contributed by atoms with van der Waals surface area (Å²) in [4.78, 5) is 23.8. The van der Waals surface area contributed by atoms with E-state index < -0.39 is 20.9 Å². The zero-order valence-corrected chi connectivity index (χ0v) is 15.0. The van der Waals surface area contributed by atoms with Gasteiger partial charge in [0.25, 0.3) is 11.6 Å². The van der Waals surface area contributed by atoms with Gasteiger partial charge in [0.1, 0.15) is 5.69 Å². The molecule has 1 aliphatic rings. The monoisotopic (exact) mass is 394 g/mol. The van der Waals surface area contributed by atoms with Crippen molar-refractivity contribution < 1.29 is 18.1 Å². The van der Waals surface area contributed by atoms with Crippen LogP contribution in [0.2, 0.25) is 0 Å². The topological polar surface area (TPSA) is 178 Å². The number of benzene rings is 1. The Morgan fingerprint density at radius 1 is 1.41 bits per heavy atom. The highest BCUT2D eigenvalue weighted by atomic mass is 32.2. The number of aromatic amines is 1. The number of piperidine rings is 1. The number of nitrogens with zero attached hydrogens (tertiary/aromatic N) is 3. The van der Waals surface area contributed by atoms with Gasteiger partial charge in [0.15, 0.2) is 0 Å². The zero-order valence-electron chi connectivity index (χ0n) is 14.2. The highest BCUT2D eigenvalue weighted by molar-refractivity contribution is 7.89. The number of rotatable bonds is 5. The van der Waals surface area contributed by atoms with Crippen molar-refractivity contribution in [1.29, 1.82) is 0 Å². The molecule has 144 valence electrons. The van der Waals surface area contributed by atoms with Gasteiger partial charge in [-0.3, -0.25) is 20.0 Å². The Hall–Kier alpha value is -2.99. The zero-order chi connectivity index (χ0) is 19.8. The molecule has 11 nitrogen and oxygen atoms in total. The van der Waals surface area contributed by atoms with E-state index in [1.54, 1.807) is 4.90 Å². The molecule has 27 heavy (non-hydrogen) atoms. The molecule has 12 heteroatoms. The van der Waals surface area contributed by atoms with Gasteiger partial charge in [-0.25, -0.2) is 13.6 Å². The van der Waals surface area contributed by atoms with Gasteiger partial charge in [-0.15, -0.1) is 0 Å². The van der Waals surface area contributed by atoms with Crippen LogP contribution in [0, 0.1) is 10.1 Å². The molecule has 0 radical (unpaired) electrons. The van der Waals surface area contributed by atoms with Crippen LogP contribution in [0.15, 0.2) is 29.3 Å². The van der Waals surface area contributed by atoms with E-state index >= 15 is 0 Å². The largest absolute Gasteiger partial charge is 0.365 e. The number of primary amides is 1. The number of nitro groups is 1. The van der Waals surface area contributed by atoms with Gasteiger partial charge in [0.2, 0.25) is 10.0 Å². The van der Waals surface area contributed by atoms with Crippen molar-refractivity contribution in [3.63, 3.8) is 0 Å². The number of nitrogens with two attached hydrogens (primary N) is 2. The van der Waals surface area contributed by atoms with Gasteiger partial charge in [-0.2, -0.15) is 5.10 Å². The number of nitro benzene ring substituents is 1. The Morgan fingerprint density at radius 3 is 2.78 bits per heavy atom. The fourth-order valence-electron chi connectivity index (χ4n) is 3.33. The molecule has 1 fully saturated rings. The van der Waals surface area contributed by atoms with Crippen molar-refractivity contribution in [3.8, 4) is 0 Å². The number of carbonyl (C=O) groups is 1. The highest BCUT2D eigenvalue weighted by Gasteiger charge is 2.30. The summed E-state index contributed by atoms with van der Waals surface area (Å²) in [5.74, 6) is -0.722. The summed E-state index contributed by atoms with van der Waals surface area (Å²) >= 11 is 0. The van der Waals surface area contributed by atoms with E-state index in [0.29, 0.717) is 24.3 Å². The van der Waals surface area contributed by atoms with Gasteiger partial charge in [-0.05, 0) is 25.0 Å². The third kappa shape index (κ3) is 3.75. The summed E-state index contributed by atoms with van der Waals surface area (Å²) in [6.07, 6.45) is 2.83. The van der Waals surface area contributed by atoms with Gasteiger partial charge in [0, 0.05) is 25.1 Å². The Bertz CT molecular complexity index is 1000. The number of primary sulfonamides is 1. The van der Waals surface area contributed by atoms with E-state index in [-0.39, 0.29) is 22.2 Å². The second kappa shape index (κ2) is 6.96. The molecule has 1 aromatic carbocycles. The number of anilines is 1. The van der Waals surface area contributed by atoms with Crippen LogP contribution >= 0.6 is 0 Å². The molecular formula is C15H18N6O5S. The Kier molecular flexibility index (Phi) is 4.85. The third-order valence-corrected chi connectivity index (χ3v) is 5.49. The lowest BCUT2D eigenvalue weighted by Crippen LogP contribution is -2.35. The number of nitrogens with one attached hydrogen (secondary N) is 1. The second-order valence-corrected chi connectivity index (χ2v) is 7.86. The average molecular weight is 394 g/mol. The normalized spacial score (nSPS) is 17.7. The molecule has 1 aromatic heterocycles. The van der Waals surface area contributed by atoms with Crippen molar-refractivity contribution in [1.82, 2.24) is 10.2 Å². The first-order chi connectivity index (χ1) is 12.7. The second-order valence-electron chi connectivity index (χ2n) is 6.30. The first kappa shape index (κ1) is 18.8. The maximum atomic E-state index is 11.5. The predicted molar refractivity (Wildman–Crippen MR) is 95.8 cm³/mol. The summed E-state index contributed by atoms with van der Waals surface area (Å²) in [5.41, 5.74) is 6.19. The summed E-state index contributed by atoms with van der Waals surface area (Å²) in [6, 6.07) is 3.58. The minimum atomic E-state index is -4.06. The molecule has 3 rings (SSSR count). The molecule has 1 saturated heterocycles. The summed E-state index contributed by atoms with van der Waals surface area (Å²) in [7, 11) is -4.06. The predicted octanol–water partition coefficient (Wildman–Crippen LogP) is 0.448. The van der Waals surface area contributed by atoms with Crippen molar-refractivity contribution in [2.24, 2.45) is 10.9 Å². The quantitative estimate of drug-likeness (QED) is 0.486. The molecule has 1 unspecified atom stereocenters. The first-order valence-corrected chi connectivity index (χ1v) is 9.62. The van der Waals surface area contributed by atoms with Crippen molar-refractivity contribution in [2.45, 2.75) is 23.7 Å². The minimum Gasteiger partial charge on any atom is -0.365 e. The summed E-state index contributed by atoms with van der Waals surface area (Å²) in [5, 5.41) is 23.2. The molecule has 5 N–H and O–H groups in total. The lowest BCUT2D eigenvalue weighted by molar-refractivity contribution is -0.384. The van der Waals surface area contributed by atoms with E-state index in [1.807, 2.05) is 0 Å². The molecule has 0 bridgehead atoms. The van der Waals surface area contributed by atoms with Crippen LogP contribution in [0.1, 0.15) is 34.8 Å². The number of sulfonamides is 1. The number of hydrogen-bond acceptors (Lipinski definition) is 7. The Balaban J connectivity index is 1.95. The van der Waals surface area contributed by atoms with Crippen LogP contribution in [0.3, 0.4) is 0 Å². The summed E-state index contributed by atoms with van der Waals surface area (Å²) < 4.78 is 23.0. The Labute approximate surface area is 154 Å². The van der Waals surface area contributed by atoms with E-state index in [1.165, 1.54) is 18.3 Å². The number of aromatic nitrogens is 2. The molecule has 0 spiro atoms. The highest BCUT2D eigenvalue weighted by Crippen LogP contribution is 2.36. The van der Waals surface area contributed by atoms with Gasteiger partial charge in [0.05, 0.1) is 27.3 Å². The standard InChI is InChI=1S/C15H18N6O5S/c16-15(22)11-7-18-19-14(11)9-2-1-5-20(8-9)12-4-3-10(27(17,25)26)6-13(12)21(23)24/h3-4,6-7,9H,1-2,5,8H2,(H2,16,22)(H,18,19)(H2,17,25,26). The van der Waals surface area contributed by atoms with Gasteiger partial charge in [-0.1, -0.05) is 0 Å². The number of carbonyl (C=O) groups excluding carboxylic acids is 1. The van der Waals surface area contributed by atoms with Crippen LogP contribution in [0.5, 0.6) is 0 Å². The summed E-state index contributed by atoms with van der Waals surface area (Å²) in [6.45, 7) is 0.935. The van der Waals surface area contributed by atoms with E-state index in [2.05, 4.69) is 10.2 Å². The lowest BCUT2D eigenvalue weighted by Gasteiger charge is -2.34. The maximum Gasteiger partial charge on any atom is 0.293 e. The van der Waals surface area contributed by atoms with E-state index in [0.717, 1.165) is 18.9 Å². The van der Waals surface area contributed by atoms with E-state index in [4.69, 9.17) is 10.9 Å². The maximum absolute atomic E-state index is 11.5. The molecule has 1 amide bonds. The fraction of sp³-hybridized carbons (Fsp3) is 0.333. The third-order valence-electron chi connectivity index (χ3n) is 4.58. The molecule has 0 saturated carbocycles. The van der Waals surface area contributed by atoms with Crippen molar-refractivity contribution >= 4 is 27.3 Å². The van der Waals surface area contributed by atoms with Crippen molar-refractivity contribution in [2.75, 3.05) is 18.0 Å². The number of hydrogen-bond donors (Lipinski definition) is 3. The Morgan fingerprint density at radius 2 is 2.15 bits per heavy atom. The molecule has 1 atom stereocenters. The number of H-pyrrole nitrogens is 1. The molecule has 2 aromatic rings. The van der Waals surface area contributed by atoms with Gasteiger partial charge >= 0.3 is 0 Å². The molecular weight excluding hydrogens is 376 g/mol. The minimum absolute atomic E-state index is 0.124. The SMILES string of the molecule is NC(=O)c1cn[nH]c1C1CCCN(c2ccc(S(N)(=O)=O)cc2[N+](=O)[O-])C1. The van der Waals surface area contributed by atoms with Crippen LogP contribution in [0.4, 0.5) is 11.4 Å². The van der Waals surface area contributed by atoms with Crippen LogP contribution in [-0.2, 0) is 10.0 Å². The number of amides is 1. The van der Waals surface area contributed by atoms with E-state index in [9.17, 15) is 23.3 Å².